The zero-order valence-corrected chi connectivity index (χ0v) is 5.66. The van der Waals surface area contributed by atoms with Gasteiger partial charge in [-0.1, -0.05) is 6.07 Å². The van der Waals surface area contributed by atoms with Crippen LogP contribution in [0.15, 0.2) is 18.2 Å². The van der Waals surface area contributed by atoms with Crippen LogP contribution in [0.4, 0.5) is 0 Å². The van der Waals surface area contributed by atoms with Crippen LogP contribution in [-0.4, -0.2) is 10.9 Å². The van der Waals surface area contributed by atoms with Crippen molar-refractivity contribution >= 4 is 5.91 Å². The van der Waals surface area contributed by atoms with Crippen molar-refractivity contribution in [1.29, 1.82) is 0 Å². The minimum absolute atomic E-state index is 0.319. The number of amides is 1. The average molecular weight is 136 g/mol. The molecule has 2 N–H and O–H groups in total. The van der Waals surface area contributed by atoms with Crippen LogP contribution < -0.4 is 5.73 Å². The fourth-order valence-electron chi connectivity index (χ4n) is 0.680. The first kappa shape index (κ1) is 6.74. The summed E-state index contributed by atoms with van der Waals surface area (Å²) in [6, 6.07) is 5.16. The number of nitrogens with two attached hydrogens (primary N) is 1. The first-order valence-electron chi connectivity index (χ1n) is 2.93. The normalized spacial score (nSPS) is 9.30. The smallest absolute Gasteiger partial charge is 0.267 e. The number of aryl methyl sites for hydroxylation is 1. The van der Waals surface area contributed by atoms with Gasteiger partial charge in [-0.05, 0) is 19.1 Å². The van der Waals surface area contributed by atoms with Gasteiger partial charge in [-0.3, -0.25) is 4.79 Å². The molecule has 0 atom stereocenters. The number of aromatic nitrogens is 1. The van der Waals surface area contributed by atoms with Crippen LogP contribution in [0.25, 0.3) is 0 Å². The molecule has 0 radical (unpaired) electrons. The zero-order valence-electron chi connectivity index (χ0n) is 5.66. The summed E-state index contributed by atoms with van der Waals surface area (Å²) in [4.78, 5) is 14.4. The highest BCUT2D eigenvalue weighted by Gasteiger charge is 1.98. The Labute approximate surface area is 58.9 Å². The molecule has 0 aromatic carbocycles. The molecule has 0 unspecified atom stereocenters. The summed E-state index contributed by atoms with van der Waals surface area (Å²) >= 11 is 0. The quantitative estimate of drug-likeness (QED) is 0.610. The minimum Gasteiger partial charge on any atom is -0.364 e. The molecule has 0 saturated carbocycles. The molecule has 0 bridgehead atoms. The molecule has 1 aromatic heterocycles. The summed E-state index contributed by atoms with van der Waals surface area (Å²) in [7, 11) is 0. The SMILES string of the molecule is Cc1cccc(C(N)=O)n1. The van der Waals surface area contributed by atoms with E-state index < -0.39 is 5.91 Å². The van der Waals surface area contributed by atoms with Gasteiger partial charge in [0, 0.05) is 5.69 Å². The van der Waals surface area contributed by atoms with Crippen LogP contribution in [0.3, 0.4) is 0 Å². The molecule has 0 saturated heterocycles. The summed E-state index contributed by atoms with van der Waals surface area (Å²) in [6.07, 6.45) is 0. The first-order valence-corrected chi connectivity index (χ1v) is 2.93. The predicted octanol–water partition coefficient (Wildman–Crippen LogP) is 0.489. The van der Waals surface area contributed by atoms with Gasteiger partial charge in [0.25, 0.3) is 5.91 Å². The van der Waals surface area contributed by atoms with Gasteiger partial charge in [-0.15, -0.1) is 0 Å². The van der Waals surface area contributed by atoms with E-state index in [1.54, 1.807) is 12.1 Å². The summed E-state index contributed by atoms with van der Waals surface area (Å²) in [6.45, 7) is 1.81. The number of carbonyl (C=O) groups excluding carboxylic acids is 1. The van der Waals surface area contributed by atoms with Crippen LogP contribution >= 0.6 is 0 Å². The second-order valence-corrected chi connectivity index (χ2v) is 2.03. The van der Waals surface area contributed by atoms with E-state index in [0.717, 1.165) is 5.69 Å². The third-order valence-corrected chi connectivity index (χ3v) is 1.14. The maximum Gasteiger partial charge on any atom is 0.267 e. The molecule has 1 heterocycles. The molecule has 0 fully saturated rings. The number of rotatable bonds is 1. The Hall–Kier alpha value is -1.38. The third-order valence-electron chi connectivity index (χ3n) is 1.14. The fraction of sp³-hybridized carbons (Fsp3) is 0.143. The van der Waals surface area contributed by atoms with E-state index in [-0.39, 0.29) is 0 Å². The monoisotopic (exact) mass is 136 g/mol. The van der Waals surface area contributed by atoms with Crippen LogP contribution in [-0.2, 0) is 0 Å². The summed E-state index contributed by atoms with van der Waals surface area (Å²) < 4.78 is 0. The molecule has 52 valence electrons. The number of nitrogens with zero attached hydrogens (tertiary/aromatic N) is 1. The van der Waals surface area contributed by atoms with Crippen molar-refractivity contribution in [2.75, 3.05) is 0 Å². The molecular formula is C7H8N2O. The molecule has 3 heteroatoms. The summed E-state index contributed by atoms with van der Waals surface area (Å²) in [5, 5.41) is 0. The summed E-state index contributed by atoms with van der Waals surface area (Å²) in [5.74, 6) is -0.483. The molecular weight excluding hydrogens is 128 g/mol. The van der Waals surface area contributed by atoms with Gasteiger partial charge in [0.05, 0.1) is 0 Å². The van der Waals surface area contributed by atoms with E-state index in [9.17, 15) is 4.79 Å². The van der Waals surface area contributed by atoms with Crippen LogP contribution in [0.5, 0.6) is 0 Å². The Morgan fingerprint density at radius 2 is 2.30 bits per heavy atom. The van der Waals surface area contributed by atoms with Crippen molar-refractivity contribution in [3.63, 3.8) is 0 Å². The molecule has 0 aliphatic carbocycles. The van der Waals surface area contributed by atoms with Gasteiger partial charge >= 0.3 is 0 Å². The van der Waals surface area contributed by atoms with Gasteiger partial charge < -0.3 is 5.73 Å². The number of hydrogen-bond acceptors (Lipinski definition) is 2. The van der Waals surface area contributed by atoms with Crippen molar-refractivity contribution in [2.45, 2.75) is 6.92 Å². The van der Waals surface area contributed by atoms with Crippen LogP contribution in [0.1, 0.15) is 16.2 Å². The number of carbonyl (C=O) groups is 1. The van der Waals surface area contributed by atoms with E-state index in [4.69, 9.17) is 5.73 Å². The highest BCUT2D eigenvalue weighted by molar-refractivity contribution is 5.90. The fourth-order valence-corrected chi connectivity index (χ4v) is 0.680. The second-order valence-electron chi connectivity index (χ2n) is 2.03. The van der Waals surface area contributed by atoms with Gasteiger partial charge in [0.15, 0.2) is 0 Å². The Balaban J connectivity index is 3.07. The largest absolute Gasteiger partial charge is 0.364 e. The lowest BCUT2D eigenvalue weighted by Crippen LogP contribution is -2.12. The van der Waals surface area contributed by atoms with Crippen LogP contribution in [0, 0.1) is 6.92 Å². The predicted molar refractivity (Wildman–Crippen MR) is 37.5 cm³/mol. The third kappa shape index (κ3) is 1.31. The summed E-state index contributed by atoms with van der Waals surface area (Å²) in [5.41, 5.74) is 6.10. The van der Waals surface area contributed by atoms with E-state index >= 15 is 0 Å². The maximum atomic E-state index is 10.5. The lowest BCUT2D eigenvalue weighted by molar-refractivity contribution is 0.0995. The second kappa shape index (κ2) is 2.47. The number of pyridine rings is 1. The zero-order chi connectivity index (χ0) is 7.56. The first-order chi connectivity index (χ1) is 4.70. The Bertz CT molecular complexity index is 258. The average Bonchev–Trinajstić information content (AvgIpc) is 1.88. The Morgan fingerprint density at radius 1 is 1.60 bits per heavy atom. The van der Waals surface area contributed by atoms with E-state index in [0.29, 0.717) is 5.69 Å². The molecule has 0 aliphatic heterocycles. The van der Waals surface area contributed by atoms with Crippen molar-refractivity contribution in [3.8, 4) is 0 Å². The molecule has 0 aliphatic rings. The van der Waals surface area contributed by atoms with E-state index in [2.05, 4.69) is 4.98 Å². The molecule has 1 rings (SSSR count). The van der Waals surface area contributed by atoms with Gasteiger partial charge in [0.2, 0.25) is 0 Å². The Kier molecular flexibility index (Phi) is 1.67. The molecule has 3 nitrogen and oxygen atoms in total. The van der Waals surface area contributed by atoms with Gasteiger partial charge in [0.1, 0.15) is 5.69 Å². The molecule has 0 spiro atoms. The Morgan fingerprint density at radius 3 is 2.70 bits per heavy atom. The van der Waals surface area contributed by atoms with Crippen molar-refractivity contribution in [1.82, 2.24) is 4.98 Å². The lowest BCUT2D eigenvalue weighted by atomic mass is 10.3. The van der Waals surface area contributed by atoms with E-state index in [1.807, 2.05) is 13.0 Å². The number of hydrogen-bond donors (Lipinski definition) is 1. The van der Waals surface area contributed by atoms with E-state index in [1.165, 1.54) is 0 Å². The number of primary amides is 1. The van der Waals surface area contributed by atoms with Gasteiger partial charge in [-0.2, -0.15) is 0 Å². The molecule has 1 aromatic rings. The topological polar surface area (TPSA) is 56.0 Å². The van der Waals surface area contributed by atoms with Crippen molar-refractivity contribution in [3.05, 3.63) is 29.6 Å². The molecule has 10 heavy (non-hydrogen) atoms. The van der Waals surface area contributed by atoms with Gasteiger partial charge in [-0.25, -0.2) is 4.98 Å². The van der Waals surface area contributed by atoms with Crippen LogP contribution in [0.2, 0.25) is 0 Å². The minimum atomic E-state index is -0.483. The lowest BCUT2D eigenvalue weighted by Gasteiger charge is -1.93. The highest BCUT2D eigenvalue weighted by Crippen LogP contribution is 1.95. The molecule has 1 amide bonds. The highest BCUT2D eigenvalue weighted by atomic mass is 16.1. The standard InChI is InChI=1S/C7H8N2O/c1-5-3-2-4-6(9-5)7(8)10/h2-4H,1H3,(H2,8,10). The van der Waals surface area contributed by atoms with Crippen molar-refractivity contribution in [2.24, 2.45) is 5.73 Å². The van der Waals surface area contributed by atoms with Crippen molar-refractivity contribution < 1.29 is 4.79 Å². The maximum absolute atomic E-state index is 10.5.